The number of benzene rings is 2. The van der Waals surface area contributed by atoms with Crippen LogP contribution in [0.4, 0.5) is 0 Å². The number of aromatic nitrogens is 1. The van der Waals surface area contributed by atoms with E-state index in [0.29, 0.717) is 6.61 Å². The fourth-order valence-corrected chi connectivity index (χ4v) is 3.32. The van der Waals surface area contributed by atoms with Gasteiger partial charge in [-0.25, -0.2) is 0 Å². The number of nitrogens with zero attached hydrogens (tertiary/aromatic N) is 1. The van der Waals surface area contributed by atoms with Crippen molar-refractivity contribution >= 4 is 11.9 Å². The van der Waals surface area contributed by atoms with Crippen LogP contribution in [0.3, 0.4) is 0 Å². The van der Waals surface area contributed by atoms with Crippen molar-refractivity contribution in [3.05, 3.63) is 94.8 Å². The van der Waals surface area contributed by atoms with Crippen LogP contribution in [-0.4, -0.2) is 17.9 Å². The molecule has 4 nitrogen and oxygen atoms in total. The van der Waals surface area contributed by atoms with E-state index in [9.17, 15) is 4.79 Å². The van der Waals surface area contributed by atoms with E-state index in [2.05, 4.69) is 4.98 Å². The van der Waals surface area contributed by atoms with Crippen molar-refractivity contribution in [3.8, 4) is 11.5 Å². The minimum absolute atomic E-state index is 0.0966. The van der Waals surface area contributed by atoms with Crippen molar-refractivity contribution in [3.63, 3.8) is 0 Å². The van der Waals surface area contributed by atoms with Gasteiger partial charge in [0.1, 0.15) is 18.1 Å². The van der Waals surface area contributed by atoms with Crippen molar-refractivity contribution < 1.29 is 14.3 Å². The zero-order chi connectivity index (χ0) is 19.3. The van der Waals surface area contributed by atoms with Gasteiger partial charge in [-0.2, -0.15) is 0 Å². The lowest BCUT2D eigenvalue weighted by Gasteiger charge is -2.18. The van der Waals surface area contributed by atoms with Crippen LogP contribution in [0.15, 0.2) is 72.4 Å². The molecule has 0 bridgehead atoms. The molecule has 0 amide bonds. The Hall–Kier alpha value is -3.40. The van der Waals surface area contributed by atoms with Crippen LogP contribution in [0.1, 0.15) is 33.6 Å². The summed E-state index contributed by atoms with van der Waals surface area (Å²) in [5.74, 6) is 1.67. The van der Waals surface area contributed by atoms with E-state index in [4.69, 9.17) is 9.47 Å². The molecule has 0 fully saturated rings. The van der Waals surface area contributed by atoms with Crippen molar-refractivity contribution in [2.75, 3.05) is 7.11 Å². The first-order chi connectivity index (χ1) is 13.7. The van der Waals surface area contributed by atoms with Crippen LogP contribution < -0.4 is 9.47 Å². The molecule has 1 aliphatic carbocycles. The number of hydrogen-bond donors (Lipinski definition) is 0. The molecule has 2 aromatic carbocycles. The highest BCUT2D eigenvalue weighted by Crippen LogP contribution is 2.29. The second-order valence-electron chi connectivity index (χ2n) is 6.70. The maximum absolute atomic E-state index is 12.8. The van der Waals surface area contributed by atoms with Crippen molar-refractivity contribution in [1.29, 1.82) is 0 Å². The summed E-state index contributed by atoms with van der Waals surface area (Å²) in [6, 6.07) is 19.2. The SMILES string of the molecule is COc1ccc2c(c1)CC/C(=C/c1ccc(OCc3ccccn3)cc1)C2=O. The summed E-state index contributed by atoms with van der Waals surface area (Å²) in [4.78, 5) is 17.1. The van der Waals surface area contributed by atoms with Crippen LogP contribution >= 0.6 is 0 Å². The largest absolute Gasteiger partial charge is 0.497 e. The van der Waals surface area contributed by atoms with E-state index in [0.717, 1.165) is 52.3 Å². The van der Waals surface area contributed by atoms with Gasteiger partial charge in [0, 0.05) is 17.3 Å². The summed E-state index contributed by atoms with van der Waals surface area (Å²) in [6.45, 7) is 0.431. The zero-order valence-corrected chi connectivity index (χ0v) is 15.7. The molecule has 28 heavy (non-hydrogen) atoms. The first-order valence-electron chi connectivity index (χ1n) is 9.28. The molecule has 140 valence electrons. The first-order valence-corrected chi connectivity index (χ1v) is 9.28. The topological polar surface area (TPSA) is 48.4 Å². The highest BCUT2D eigenvalue weighted by molar-refractivity contribution is 6.13. The average molecular weight is 371 g/mol. The van der Waals surface area contributed by atoms with Gasteiger partial charge in [-0.1, -0.05) is 18.2 Å². The molecule has 1 heterocycles. The number of allylic oxidation sites excluding steroid dienone is 1. The highest BCUT2D eigenvalue weighted by atomic mass is 16.5. The van der Waals surface area contributed by atoms with Crippen molar-refractivity contribution in [1.82, 2.24) is 4.98 Å². The zero-order valence-electron chi connectivity index (χ0n) is 15.7. The summed E-state index contributed by atoms with van der Waals surface area (Å²) in [5, 5.41) is 0. The lowest BCUT2D eigenvalue weighted by Crippen LogP contribution is -2.14. The molecule has 0 saturated heterocycles. The molecule has 0 atom stereocenters. The molecule has 4 rings (SSSR count). The van der Waals surface area contributed by atoms with Gasteiger partial charge in [0.05, 0.1) is 12.8 Å². The summed E-state index contributed by atoms with van der Waals surface area (Å²) in [5.41, 5.74) is 4.54. The van der Waals surface area contributed by atoms with Gasteiger partial charge in [0.25, 0.3) is 0 Å². The van der Waals surface area contributed by atoms with Gasteiger partial charge in [-0.15, -0.1) is 0 Å². The predicted octanol–water partition coefficient (Wildman–Crippen LogP) is 4.88. The molecule has 0 unspecified atom stereocenters. The Morgan fingerprint density at radius 1 is 1.00 bits per heavy atom. The molecule has 0 spiro atoms. The first kappa shape index (κ1) is 18.0. The van der Waals surface area contributed by atoms with Crippen LogP contribution in [-0.2, 0) is 13.0 Å². The third kappa shape index (κ3) is 3.96. The van der Waals surface area contributed by atoms with Gasteiger partial charge in [0.2, 0.25) is 0 Å². The summed E-state index contributed by atoms with van der Waals surface area (Å²) in [6.07, 6.45) is 5.30. The van der Waals surface area contributed by atoms with E-state index in [1.54, 1.807) is 13.3 Å². The van der Waals surface area contributed by atoms with E-state index in [1.165, 1.54) is 0 Å². The van der Waals surface area contributed by atoms with Crippen molar-refractivity contribution in [2.45, 2.75) is 19.4 Å². The normalized spacial score (nSPS) is 14.6. The Balaban J connectivity index is 1.46. The number of ether oxygens (including phenoxy) is 2. The third-order valence-corrected chi connectivity index (χ3v) is 4.85. The van der Waals surface area contributed by atoms with E-state index in [-0.39, 0.29) is 5.78 Å². The van der Waals surface area contributed by atoms with Gasteiger partial charge in [0.15, 0.2) is 5.78 Å². The number of fused-ring (bicyclic) bond motifs is 1. The quantitative estimate of drug-likeness (QED) is 0.600. The van der Waals surface area contributed by atoms with Crippen LogP contribution in [0, 0.1) is 0 Å². The lowest BCUT2D eigenvalue weighted by atomic mass is 9.86. The molecule has 3 aromatic rings. The maximum Gasteiger partial charge on any atom is 0.189 e. The molecule has 0 radical (unpaired) electrons. The number of carbonyl (C=O) groups excluding carboxylic acids is 1. The van der Waals surface area contributed by atoms with Gasteiger partial charge < -0.3 is 9.47 Å². The molecule has 0 N–H and O–H groups in total. The minimum Gasteiger partial charge on any atom is -0.497 e. The van der Waals surface area contributed by atoms with E-state index >= 15 is 0 Å². The van der Waals surface area contributed by atoms with Gasteiger partial charge >= 0.3 is 0 Å². The van der Waals surface area contributed by atoms with Gasteiger partial charge in [-0.3, -0.25) is 9.78 Å². The van der Waals surface area contributed by atoms with E-state index in [1.807, 2.05) is 66.7 Å². The Bertz CT molecular complexity index is 1010. The smallest absolute Gasteiger partial charge is 0.189 e. The molecular formula is C24H21NO3. The summed E-state index contributed by atoms with van der Waals surface area (Å²) < 4.78 is 11.0. The molecule has 0 aliphatic heterocycles. The third-order valence-electron chi connectivity index (χ3n) is 4.85. The molecule has 0 saturated carbocycles. The summed E-state index contributed by atoms with van der Waals surface area (Å²) >= 11 is 0. The van der Waals surface area contributed by atoms with Gasteiger partial charge in [-0.05, 0) is 72.5 Å². The fourth-order valence-electron chi connectivity index (χ4n) is 3.32. The van der Waals surface area contributed by atoms with Crippen LogP contribution in [0.5, 0.6) is 11.5 Å². The number of carbonyl (C=O) groups is 1. The van der Waals surface area contributed by atoms with E-state index < -0.39 is 0 Å². The highest BCUT2D eigenvalue weighted by Gasteiger charge is 2.22. The molecule has 1 aliphatic rings. The molecular weight excluding hydrogens is 350 g/mol. The standard InChI is InChI=1S/C24H21NO3/c1-27-22-11-12-23-18(15-22)7-8-19(24(23)26)14-17-5-9-21(10-6-17)28-16-20-4-2-3-13-25-20/h2-6,9-15H,7-8,16H2,1H3/b19-14-. The predicted molar refractivity (Wildman–Crippen MR) is 109 cm³/mol. The Morgan fingerprint density at radius 2 is 1.82 bits per heavy atom. The number of Topliss-reactive ketones (excluding diaryl/α,β-unsaturated/α-hetero) is 1. The monoisotopic (exact) mass is 371 g/mol. The van der Waals surface area contributed by atoms with Crippen LogP contribution in [0.2, 0.25) is 0 Å². The fraction of sp³-hybridized carbons (Fsp3) is 0.167. The maximum atomic E-state index is 12.8. The number of rotatable bonds is 5. The minimum atomic E-state index is 0.0966. The number of methoxy groups -OCH3 is 1. The number of hydrogen-bond acceptors (Lipinski definition) is 4. The lowest BCUT2D eigenvalue weighted by molar-refractivity contribution is 0.102. The molecule has 4 heteroatoms. The number of aryl methyl sites for hydroxylation is 1. The Kier molecular flexibility index (Phi) is 5.20. The average Bonchev–Trinajstić information content (AvgIpc) is 2.75. The second-order valence-corrected chi connectivity index (χ2v) is 6.70. The second kappa shape index (κ2) is 8.09. The number of ketones is 1. The molecule has 1 aromatic heterocycles. The Labute approximate surface area is 164 Å². The Morgan fingerprint density at radius 3 is 2.57 bits per heavy atom. The number of pyridine rings is 1. The summed E-state index contributed by atoms with van der Waals surface area (Å²) in [7, 11) is 1.64. The van der Waals surface area contributed by atoms with Crippen molar-refractivity contribution in [2.24, 2.45) is 0 Å². The van der Waals surface area contributed by atoms with Crippen LogP contribution in [0.25, 0.3) is 6.08 Å².